The van der Waals surface area contributed by atoms with Crippen molar-refractivity contribution >= 4 is 17.5 Å². The summed E-state index contributed by atoms with van der Waals surface area (Å²) in [6.45, 7) is 7.82. The first-order chi connectivity index (χ1) is 10.1. The van der Waals surface area contributed by atoms with E-state index in [1.54, 1.807) is 0 Å². The van der Waals surface area contributed by atoms with Crippen LogP contribution in [0.3, 0.4) is 0 Å². The van der Waals surface area contributed by atoms with Crippen molar-refractivity contribution in [3.63, 3.8) is 0 Å². The lowest BCUT2D eigenvalue weighted by Gasteiger charge is -2.26. The molecule has 2 rings (SSSR count). The Balaban J connectivity index is 2.05. The second-order valence-electron chi connectivity index (χ2n) is 6.05. The third-order valence-electron chi connectivity index (χ3n) is 3.71. The van der Waals surface area contributed by atoms with Gasteiger partial charge in [-0.05, 0) is 30.9 Å². The number of hydrogen-bond donors (Lipinski definition) is 1. The maximum absolute atomic E-state index is 10.8. The van der Waals surface area contributed by atoms with Crippen LogP contribution >= 0.6 is 0 Å². The van der Waals surface area contributed by atoms with Gasteiger partial charge in [0, 0.05) is 26.2 Å². The molecule has 1 aromatic heterocycles. The Morgan fingerprint density at radius 3 is 2.62 bits per heavy atom. The van der Waals surface area contributed by atoms with Crippen molar-refractivity contribution in [2.75, 3.05) is 36.0 Å². The second kappa shape index (κ2) is 7.29. The molecule has 0 saturated carbocycles. The number of carboxylic acids is 1. The third kappa shape index (κ3) is 4.62. The summed E-state index contributed by atoms with van der Waals surface area (Å²) in [7, 11) is 0. The van der Waals surface area contributed by atoms with Crippen LogP contribution in [0.1, 0.15) is 33.1 Å². The van der Waals surface area contributed by atoms with Crippen molar-refractivity contribution in [1.29, 1.82) is 0 Å². The number of rotatable bonds is 7. The molecule has 0 atom stereocenters. The van der Waals surface area contributed by atoms with E-state index in [0.29, 0.717) is 12.5 Å². The normalized spacial score (nSPS) is 14.7. The topological polar surface area (TPSA) is 56.7 Å². The summed E-state index contributed by atoms with van der Waals surface area (Å²) in [4.78, 5) is 19.8. The van der Waals surface area contributed by atoms with E-state index in [4.69, 9.17) is 5.11 Å². The lowest BCUT2D eigenvalue weighted by molar-refractivity contribution is -0.136. The van der Waals surface area contributed by atoms with Gasteiger partial charge in [-0.1, -0.05) is 13.8 Å². The molecule has 5 heteroatoms. The Bertz CT molecular complexity index is 453. The molecule has 116 valence electrons. The van der Waals surface area contributed by atoms with Gasteiger partial charge in [-0.2, -0.15) is 0 Å². The minimum Gasteiger partial charge on any atom is -0.481 e. The Morgan fingerprint density at radius 2 is 2.10 bits per heavy atom. The fraction of sp³-hybridized carbons (Fsp3) is 0.625. The van der Waals surface area contributed by atoms with E-state index in [9.17, 15) is 4.79 Å². The van der Waals surface area contributed by atoms with Crippen molar-refractivity contribution < 1.29 is 9.90 Å². The molecule has 0 spiro atoms. The van der Waals surface area contributed by atoms with Crippen molar-refractivity contribution in [1.82, 2.24) is 4.98 Å². The van der Waals surface area contributed by atoms with Crippen molar-refractivity contribution in [2.24, 2.45) is 5.92 Å². The number of hydrogen-bond acceptors (Lipinski definition) is 4. The molecule has 0 aromatic carbocycles. The van der Waals surface area contributed by atoms with Crippen LogP contribution in [0, 0.1) is 5.92 Å². The first-order valence-corrected chi connectivity index (χ1v) is 7.74. The average molecular weight is 291 g/mol. The molecule has 1 aliphatic heterocycles. The van der Waals surface area contributed by atoms with Gasteiger partial charge >= 0.3 is 5.97 Å². The van der Waals surface area contributed by atoms with E-state index >= 15 is 0 Å². The molecular weight excluding hydrogens is 266 g/mol. The molecule has 2 heterocycles. The highest BCUT2D eigenvalue weighted by molar-refractivity contribution is 5.67. The zero-order chi connectivity index (χ0) is 15.2. The van der Waals surface area contributed by atoms with Gasteiger partial charge in [0.2, 0.25) is 0 Å². The minimum absolute atomic E-state index is 0.153. The quantitative estimate of drug-likeness (QED) is 0.837. The Morgan fingerprint density at radius 1 is 1.38 bits per heavy atom. The van der Waals surface area contributed by atoms with E-state index in [1.807, 2.05) is 6.20 Å². The molecule has 0 bridgehead atoms. The van der Waals surface area contributed by atoms with Crippen molar-refractivity contribution in [2.45, 2.75) is 33.1 Å². The average Bonchev–Trinajstić information content (AvgIpc) is 2.97. The summed E-state index contributed by atoms with van der Waals surface area (Å²) < 4.78 is 0. The van der Waals surface area contributed by atoms with Crippen molar-refractivity contribution in [3.05, 3.63) is 18.3 Å². The standard InChI is InChI=1S/C16H25N3O2/c1-13(2)12-19(10-7-16(20)21)14-5-6-15(17-11-14)18-8-3-4-9-18/h5-6,11,13H,3-4,7-10,12H2,1-2H3,(H,20,21). The lowest BCUT2D eigenvalue weighted by atomic mass is 10.2. The summed E-state index contributed by atoms with van der Waals surface area (Å²) in [5.41, 5.74) is 1.01. The molecule has 1 N–H and O–H groups in total. The van der Waals surface area contributed by atoms with Crippen LogP contribution in [0.15, 0.2) is 18.3 Å². The first-order valence-electron chi connectivity index (χ1n) is 7.74. The highest BCUT2D eigenvalue weighted by atomic mass is 16.4. The molecule has 5 nitrogen and oxygen atoms in total. The van der Waals surface area contributed by atoms with E-state index < -0.39 is 5.97 Å². The summed E-state index contributed by atoms with van der Waals surface area (Å²) in [6, 6.07) is 4.11. The molecule has 21 heavy (non-hydrogen) atoms. The summed E-state index contributed by atoms with van der Waals surface area (Å²) in [5.74, 6) is 0.751. The molecular formula is C16H25N3O2. The van der Waals surface area contributed by atoms with Gasteiger partial charge in [0.25, 0.3) is 0 Å². The molecule has 1 aromatic rings. The van der Waals surface area contributed by atoms with Gasteiger partial charge in [-0.3, -0.25) is 4.79 Å². The van der Waals surface area contributed by atoms with E-state index in [2.05, 4.69) is 40.8 Å². The van der Waals surface area contributed by atoms with E-state index in [-0.39, 0.29) is 6.42 Å². The highest BCUT2D eigenvalue weighted by Crippen LogP contribution is 2.21. The third-order valence-corrected chi connectivity index (χ3v) is 3.71. The Kier molecular flexibility index (Phi) is 5.42. The van der Waals surface area contributed by atoms with Gasteiger partial charge in [-0.15, -0.1) is 0 Å². The minimum atomic E-state index is -0.759. The fourth-order valence-corrected chi connectivity index (χ4v) is 2.70. The molecule has 0 aliphatic carbocycles. The first kappa shape index (κ1) is 15.6. The number of aliphatic carboxylic acids is 1. The van der Waals surface area contributed by atoms with E-state index in [0.717, 1.165) is 31.1 Å². The zero-order valence-electron chi connectivity index (χ0n) is 13.0. The zero-order valence-corrected chi connectivity index (χ0v) is 13.0. The van der Waals surface area contributed by atoms with Crippen LogP contribution in [0.4, 0.5) is 11.5 Å². The molecule has 0 radical (unpaired) electrons. The number of anilines is 2. The summed E-state index contributed by atoms with van der Waals surface area (Å²) in [6.07, 6.45) is 4.50. The van der Waals surface area contributed by atoms with Crippen LogP contribution in [-0.4, -0.2) is 42.2 Å². The fourth-order valence-electron chi connectivity index (χ4n) is 2.70. The van der Waals surface area contributed by atoms with Gasteiger partial charge in [-0.25, -0.2) is 4.98 Å². The van der Waals surface area contributed by atoms with Crippen LogP contribution in [0.5, 0.6) is 0 Å². The lowest BCUT2D eigenvalue weighted by Crippen LogP contribution is -2.30. The van der Waals surface area contributed by atoms with Crippen LogP contribution in [0.25, 0.3) is 0 Å². The molecule has 0 unspecified atom stereocenters. The molecule has 1 aliphatic rings. The van der Waals surface area contributed by atoms with Crippen LogP contribution in [-0.2, 0) is 4.79 Å². The second-order valence-corrected chi connectivity index (χ2v) is 6.05. The van der Waals surface area contributed by atoms with Crippen LogP contribution < -0.4 is 9.80 Å². The molecule has 1 saturated heterocycles. The largest absolute Gasteiger partial charge is 0.481 e. The Hall–Kier alpha value is -1.78. The molecule has 1 fully saturated rings. The monoisotopic (exact) mass is 291 g/mol. The summed E-state index contributed by atoms with van der Waals surface area (Å²) in [5, 5.41) is 8.88. The van der Waals surface area contributed by atoms with E-state index in [1.165, 1.54) is 12.8 Å². The molecule has 0 amide bonds. The van der Waals surface area contributed by atoms with Crippen LogP contribution in [0.2, 0.25) is 0 Å². The maximum atomic E-state index is 10.8. The number of pyridine rings is 1. The van der Waals surface area contributed by atoms with Gasteiger partial charge in [0.1, 0.15) is 5.82 Å². The predicted molar refractivity (Wildman–Crippen MR) is 85.0 cm³/mol. The smallest absolute Gasteiger partial charge is 0.305 e. The predicted octanol–water partition coefficient (Wildman–Crippen LogP) is 2.62. The van der Waals surface area contributed by atoms with Gasteiger partial charge < -0.3 is 14.9 Å². The summed E-state index contributed by atoms with van der Waals surface area (Å²) >= 11 is 0. The number of carbonyl (C=O) groups is 1. The number of aromatic nitrogens is 1. The number of nitrogens with zero attached hydrogens (tertiary/aromatic N) is 3. The SMILES string of the molecule is CC(C)CN(CCC(=O)O)c1ccc(N2CCCC2)nc1. The number of carboxylic acid groups (broad SMARTS) is 1. The maximum Gasteiger partial charge on any atom is 0.305 e. The van der Waals surface area contributed by atoms with Gasteiger partial charge in [0.05, 0.1) is 18.3 Å². The highest BCUT2D eigenvalue weighted by Gasteiger charge is 2.15. The van der Waals surface area contributed by atoms with Crippen molar-refractivity contribution in [3.8, 4) is 0 Å². The Labute approximate surface area is 126 Å². The van der Waals surface area contributed by atoms with Gasteiger partial charge in [0.15, 0.2) is 0 Å².